The molecule has 1 heterocycles. The topological polar surface area (TPSA) is 59.3 Å². The van der Waals surface area contributed by atoms with Crippen molar-refractivity contribution in [1.29, 1.82) is 0 Å². The van der Waals surface area contributed by atoms with Gasteiger partial charge < -0.3 is 5.11 Å². The number of benzene rings is 1. The molecule has 0 aliphatic heterocycles. The Labute approximate surface area is 109 Å². The fraction of sp³-hybridized carbons (Fsp3) is 0.200. The van der Waals surface area contributed by atoms with Gasteiger partial charge in [-0.05, 0) is 48.6 Å². The number of fused-ring (bicyclic) bond motifs is 1. The number of aromatic carboxylic acids is 1. The number of nitrogens with zero attached hydrogens (tertiary/aromatic N) is 1. The zero-order chi connectivity index (χ0) is 13.4. The van der Waals surface area contributed by atoms with Gasteiger partial charge in [0.2, 0.25) is 0 Å². The van der Waals surface area contributed by atoms with Gasteiger partial charge in [0.1, 0.15) is 0 Å². The minimum Gasteiger partial charge on any atom is -0.478 e. The Kier molecular flexibility index (Phi) is 2.71. The zero-order valence-corrected chi connectivity index (χ0v) is 10.3. The van der Waals surface area contributed by atoms with E-state index in [4.69, 9.17) is 5.11 Å². The summed E-state index contributed by atoms with van der Waals surface area (Å²) in [4.78, 5) is 22.8. The van der Waals surface area contributed by atoms with Crippen molar-refractivity contribution in [2.45, 2.75) is 19.3 Å². The number of carboxylic acids is 1. The molecular weight excluding hydrogens is 242 g/mol. The molecule has 0 spiro atoms. The van der Waals surface area contributed by atoms with E-state index in [0.717, 1.165) is 24.9 Å². The molecule has 0 radical (unpaired) electrons. The molecule has 0 atom stereocenters. The van der Waals surface area contributed by atoms with Gasteiger partial charge in [-0.15, -0.1) is 0 Å². The van der Waals surface area contributed by atoms with Crippen LogP contribution in [0.2, 0.25) is 0 Å². The van der Waals surface area contributed by atoms with Crippen LogP contribution in [0.15, 0.2) is 41.3 Å². The smallest absolute Gasteiger partial charge is 0.337 e. The maximum atomic E-state index is 11.9. The van der Waals surface area contributed by atoms with E-state index in [2.05, 4.69) is 0 Å². The quantitative estimate of drug-likeness (QED) is 0.893. The molecule has 0 saturated carbocycles. The van der Waals surface area contributed by atoms with E-state index in [1.807, 2.05) is 18.2 Å². The van der Waals surface area contributed by atoms with Crippen molar-refractivity contribution in [2.75, 3.05) is 0 Å². The number of hydrogen-bond donors (Lipinski definition) is 1. The SMILES string of the molecule is O=C(O)c1ccc(=O)n(-c2ccc3c(c2)CCC3)c1. The molecule has 0 unspecified atom stereocenters. The molecular formula is C15H13NO3. The van der Waals surface area contributed by atoms with Crippen LogP contribution in [0.4, 0.5) is 0 Å². The summed E-state index contributed by atoms with van der Waals surface area (Å²) >= 11 is 0. The highest BCUT2D eigenvalue weighted by Gasteiger charge is 2.12. The van der Waals surface area contributed by atoms with Crippen LogP contribution < -0.4 is 5.56 Å². The third kappa shape index (κ3) is 2.05. The van der Waals surface area contributed by atoms with Gasteiger partial charge in [-0.1, -0.05) is 6.07 Å². The van der Waals surface area contributed by atoms with Crippen LogP contribution in [0.1, 0.15) is 27.9 Å². The molecule has 4 nitrogen and oxygen atoms in total. The number of hydrogen-bond acceptors (Lipinski definition) is 2. The summed E-state index contributed by atoms with van der Waals surface area (Å²) in [6.07, 6.45) is 4.63. The van der Waals surface area contributed by atoms with E-state index >= 15 is 0 Å². The van der Waals surface area contributed by atoms with E-state index < -0.39 is 5.97 Å². The van der Waals surface area contributed by atoms with Crippen molar-refractivity contribution in [2.24, 2.45) is 0 Å². The number of carboxylic acid groups (broad SMARTS) is 1. The molecule has 4 heteroatoms. The Balaban J connectivity index is 2.13. The molecule has 2 aromatic rings. The highest BCUT2D eigenvalue weighted by atomic mass is 16.4. The van der Waals surface area contributed by atoms with Crippen LogP contribution in [0, 0.1) is 0 Å². The molecule has 0 bridgehead atoms. The Morgan fingerprint density at radius 2 is 1.89 bits per heavy atom. The molecule has 1 aromatic carbocycles. The maximum absolute atomic E-state index is 11.9. The zero-order valence-electron chi connectivity index (χ0n) is 10.3. The molecule has 96 valence electrons. The summed E-state index contributed by atoms with van der Waals surface area (Å²) in [6.45, 7) is 0. The van der Waals surface area contributed by atoms with E-state index in [1.165, 1.54) is 34.0 Å². The van der Waals surface area contributed by atoms with Gasteiger partial charge in [0.25, 0.3) is 5.56 Å². The Morgan fingerprint density at radius 3 is 2.68 bits per heavy atom. The van der Waals surface area contributed by atoms with Crippen molar-refractivity contribution >= 4 is 5.97 Å². The van der Waals surface area contributed by atoms with Gasteiger partial charge >= 0.3 is 5.97 Å². The van der Waals surface area contributed by atoms with E-state index in [1.54, 1.807) is 0 Å². The number of aryl methyl sites for hydroxylation is 2. The number of aromatic nitrogens is 1. The highest BCUT2D eigenvalue weighted by molar-refractivity contribution is 5.87. The lowest BCUT2D eigenvalue weighted by Gasteiger charge is -2.08. The summed E-state index contributed by atoms with van der Waals surface area (Å²) in [5.41, 5.74) is 3.20. The third-order valence-electron chi connectivity index (χ3n) is 3.52. The summed E-state index contributed by atoms with van der Waals surface area (Å²) in [7, 11) is 0. The van der Waals surface area contributed by atoms with Gasteiger partial charge in [0.05, 0.1) is 5.56 Å². The second-order valence-electron chi connectivity index (χ2n) is 4.74. The van der Waals surface area contributed by atoms with Crippen molar-refractivity contribution in [1.82, 2.24) is 4.57 Å². The molecule has 0 fully saturated rings. The van der Waals surface area contributed by atoms with Crippen LogP contribution in [0.3, 0.4) is 0 Å². The first-order valence-electron chi connectivity index (χ1n) is 6.23. The fourth-order valence-corrected chi connectivity index (χ4v) is 2.52. The minimum atomic E-state index is -1.03. The first kappa shape index (κ1) is 11.7. The van der Waals surface area contributed by atoms with Gasteiger partial charge in [-0.2, -0.15) is 0 Å². The number of pyridine rings is 1. The standard InChI is InChI=1S/C15H13NO3/c17-14-7-5-12(15(18)19)9-16(14)13-6-4-10-2-1-3-11(10)8-13/h4-9H,1-3H2,(H,18,19). The summed E-state index contributed by atoms with van der Waals surface area (Å²) < 4.78 is 1.39. The maximum Gasteiger partial charge on any atom is 0.337 e. The Hall–Kier alpha value is -2.36. The second kappa shape index (κ2) is 4.39. The van der Waals surface area contributed by atoms with Crippen molar-refractivity contribution in [3.05, 3.63) is 63.6 Å². The van der Waals surface area contributed by atoms with E-state index in [9.17, 15) is 9.59 Å². The lowest BCUT2D eigenvalue weighted by Crippen LogP contribution is -2.18. The van der Waals surface area contributed by atoms with Crippen molar-refractivity contribution in [3.63, 3.8) is 0 Å². The fourth-order valence-electron chi connectivity index (χ4n) is 2.52. The van der Waals surface area contributed by atoms with E-state index in [0.29, 0.717) is 0 Å². The summed E-state index contributed by atoms with van der Waals surface area (Å²) in [5.74, 6) is -1.03. The van der Waals surface area contributed by atoms with E-state index in [-0.39, 0.29) is 11.1 Å². The predicted octanol–water partition coefficient (Wildman–Crippen LogP) is 2.02. The Morgan fingerprint density at radius 1 is 1.11 bits per heavy atom. The second-order valence-corrected chi connectivity index (χ2v) is 4.74. The normalized spacial score (nSPS) is 13.3. The summed E-state index contributed by atoms with van der Waals surface area (Å²) in [5, 5.41) is 8.99. The van der Waals surface area contributed by atoms with Gasteiger partial charge in [-0.25, -0.2) is 4.79 Å². The monoisotopic (exact) mass is 255 g/mol. The molecule has 1 aliphatic rings. The minimum absolute atomic E-state index is 0.111. The molecule has 0 amide bonds. The summed E-state index contributed by atoms with van der Waals surface area (Å²) in [6, 6.07) is 8.50. The molecule has 1 aromatic heterocycles. The molecule has 1 aliphatic carbocycles. The van der Waals surface area contributed by atoms with Crippen molar-refractivity contribution in [3.8, 4) is 5.69 Å². The Bertz CT molecular complexity index is 716. The average molecular weight is 255 g/mol. The lowest BCUT2D eigenvalue weighted by atomic mass is 10.1. The average Bonchev–Trinajstić information content (AvgIpc) is 2.86. The number of rotatable bonds is 2. The first-order valence-corrected chi connectivity index (χ1v) is 6.23. The molecule has 1 N–H and O–H groups in total. The lowest BCUT2D eigenvalue weighted by molar-refractivity contribution is 0.0696. The molecule has 3 rings (SSSR count). The van der Waals surface area contributed by atoms with Crippen LogP contribution in [0.25, 0.3) is 5.69 Å². The van der Waals surface area contributed by atoms with Crippen LogP contribution in [-0.2, 0) is 12.8 Å². The third-order valence-corrected chi connectivity index (χ3v) is 3.52. The predicted molar refractivity (Wildman–Crippen MR) is 71.0 cm³/mol. The van der Waals surface area contributed by atoms with Crippen LogP contribution in [-0.4, -0.2) is 15.6 Å². The van der Waals surface area contributed by atoms with Crippen LogP contribution in [0.5, 0.6) is 0 Å². The molecule has 0 saturated heterocycles. The van der Waals surface area contributed by atoms with Gasteiger partial charge in [0, 0.05) is 18.0 Å². The molecule has 19 heavy (non-hydrogen) atoms. The highest BCUT2D eigenvalue weighted by Crippen LogP contribution is 2.23. The van der Waals surface area contributed by atoms with Crippen LogP contribution >= 0.6 is 0 Å². The van der Waals surface area contributed by atoms with Crippen molar-refractivity contribution < 1.29 is 9.90 Å². The van der Waals surface area contributed by atoms with Gasteiger partial charge in [-0.3, -0.25) is 9.36 Å². The largest absolute Gasteiger partial charge is 0.478 e. The van der Waals surface area contributed by atoms with Gasteiger partial charge in [0.15, 0.2) is 0 Å². The first-order chi connectivity index (χ1) is 9.15. The number of carbonyl (C=O) groups is 1.